The molecule has 1 fully saturated rings. The second kappa shape index (κ2) is 8.45. The van der Waals surface area contributed by atoms with E-state index in [1.54, 1.807) is 12.5 Å². The Balaban J connectivity index is 1.70. The summed E-state index contributed by atoms with van der Waals surface area (Å²) in [7, 11) is 0. The molecule has 2 atom stereocenters. The molecule has 1 amide bonds. The van der Waals surface area contributed by atoms with Gasteiger partial charge in [0, 0.05) is 36.6 Å². The van der Waals surface area contributed by atoms with E-state index in [0.717, 1.165) is 49.8 Å². The highest BCUT2D eigenvalue weighted by Gasteiger charge is 2.58. The first-order chi connectivity index (χ1) is 15.2. The minimum absolute atomic E-state index is 0.00569. The zero-order valence-electron chi connectivity index (χ0n) is 19.8. The van der Waals surface area contributed by atoms with Gasteiger partial charge in [-0.25, -0.2) is 4.98 Å². The summed E-state index contributed by atoms with van der Waals surface area (Å²) in [5, 5.41) is 25.3. The van der Waals surface area contributed by atoms with Crippen molar-refractivity contribution in [2.45, 2.75) is 84.1 Å². The molecule has 6 heteroatoms. The number of aromatic nitrogens is 2. The van der Waals surface area contributed by atoms with Gasteiger partial charge in [0.15, 0.2) is 11.5 Å². The van der Waals surface area contributed by atoms with Crippen molar-refractivity contribution in [3.8, 4) is 11.5 Å². The Bertz CT molecular complexity index is 981. The number of phenolic OH excluding ortho intramolecular Hbond substituents is 2. The third kappa shape index (κ3) is 3.67. The van der Waals surface area contributed by atoms with Gasteiger partial charge in [0.05, 0.1) is 11.7 Å². The quantitative estimate of drug-likeness (QED) is 0.452. The zero-order valence-corrected chi connectivity index (χ0v) is 19.8. The van der Waals surface area contributed by atoms with E-state index in [1.165, 1.54) is 0 Å². The number of amides is 1. The Labute approximate surface area is 191 Å². The summed E-state index contributed by atoms with van der Waals surface area (Å²) in [4.78, 5) is 18.0. The van der Waals surface area contributed by atoms with E-state index in [0.29, 0.717) is 18.5 Å². The highest BCUT2D eigenvalue weighted by atomic mass is 16.3. The predicted octanol–water partition coefficient (Wildman–Crippen LogP) is 4.63. The standard InChI is InChI=1S/C26H37N3O3/c1-17(2)19-15-18-7-8-20-25(3,4)9-5-10-26(20,21(18)23(31)22(19)30)24(32)28-11-6-13-29-14-12-27-16-29/h12,14-17,20,30-31H,5-11,13H2,1-4H3,(H,28,32)/t20-,26+/m0/s1. The van der Waals surface area contributed by atoms with Crippen molar-refractivity contribution in [3.05, 3.63) is 41.5 Å². The molecule has 0 spiro atoms. The van der Waals surface area contributed by atoms with Gasteiger partial charge in [-0.3, -0.25) is 4.79 Å². The normalized spacial score (nSPS) is 24.1. The summed E-state index contributed by atoms with van der Waals surface area (Å²) in [5.74, 6) is 0.0749. The van der Waals surface area contributed by atoms with Gasteiger partial charge in [0.25, 0.3) is 0 Å². The van der Waals surface area contributed by atoms with Crippen LogP contribution in [0.4, 0.5) is 0 Å². The molecule has 2 aliphatic rings. The number of imidazole rings is 1. The van der Waals surface area contributed by atoms with Gasteiger partial charge in [0.1, 0.15) is 0 Å². The van der Waals surface area contributed by atoms with E-state index in [1.807, 2.05) is 30.7 Å². The largest absolute Gasteiger partial charge is 0.504 e. The molecule has 1 aromatic heterocycles. The Hall–Kier alpha value is -2.50. The molecule has 4 rings (SSSR count). The number of rotatable bonds is 6. The summed E-state index contributed by atoms with van der Waals surface area (Å²) < 4.78 is 2.00. The van der Waals surface area contributed by atoms with Crippen molar-refractivity contribution in [1.29, 1.82) is 0 Å². The SMILES string of the molecule is CC(C)c1cc2c(c(O)c1O)[C@@]1(C(=O)NCCCn3ccnc3)CCCC(C)(C)[C@@H]1CC2. The molecule has 2 aliphatic carbocycles. The Kier molecular flexibility index (Phi) is 5.99. The van der Waals surface area contributed by atoms with Crippen LogP contribution in [0.1, 0.15) is 82.4 Å². The molecule has 1 heterocycles. The van der Waals surface area contributed by atoms with Gasteiger partial charge in [-0.05, 0) is 54.9 Å². The number of fused-ring (bicyclic) bond motifs is 3. The number of carbonyl (C=O) groups is 1. The molecule has 174 valence electrons. The first kappa shape index (κ1) is 22.7. The van der Waals surface area contributed by atoms with Gasteiger partial charge in [0.2, 0.25) is 5.91 Å². The van der Waals surface area contributed by atoms with Gasteiger partial charge in [-0.1, -0.05) is 40.2 Å². The van der Waals surface area contributed by atoms with Crippen LogP contribution in [-0.4, -0.2) is 32.2 Å². The number of aryl methyl sites for hydroxylation is 2. The molecule has 3 N–H and O–H groups in total. The minimum Gasteiger partial charge on any atom is -0.504 e. The zero-order chi connectivity index (χ0) is 23.1. The smallest absolute Gasteiger partial charge is 0.231 e. The van der Waals surface area contributed by atoms with Gasteiger partial charge < -0.3 is 20.1 Å². The van der Waals surface area contributed by atoms with Crippen LogP contribution in [0.25, 0.3) is 0 Å². The molecular weight excluding hydrogens is 402 g/mol. The number of benzene rings is 1. The van der Waals surface area contributed by atoms with Gasteiger partial charge in [-0.2, -0.15) is 0 Å². The maximum Gasteiger partial charge on any atom is 0.231 e. The lowest BCUT2D eigenvalue weighted by Gasteiger charge is -2.54. The highest BCUT2D eigenvalue weighted by Crippen LogP contribution is 2.60. The molecular formula is C26H37N3O3. The maximum atomic E-state index is 13.9. The van der Waals surface area contributed by atoms with Crippen molar-refractivity contribution >= 4 is 5.91 Å². The highest BCUT2D eigenvalue weighted by molar-refractivity contribution is 5.91. The van der Waals surface area contributed by atoms with Crippen LogP contribution >= 0.6 is 0 Å². The number of hydrogen-bond acceptors (Lipinski definition) is 4. The second-order valence-electron chi connectivity index (χ2n) is 10.7. The van der Waals surface area contributed by atoms with Crippen molar-refractivity contribution in [3.63, 3.8) is 0 Å². The maximum absolute atomic E-state index is 13.9. The van der Waals surface area contributed by atoms with E-state index in [-0.39, 0.29) is 34.7 Å². The topological polar surface area (TPSA) is 87.4 Å². The van der Waals surface area contributed by atoms with Crippen molar-refractivity contribution < 1.29 is 15.0 Å². The first-order valence-corrected chi connectivity index (χ1v) is 12.0. The molecule has 0 bridgehead atoms. The van der Waals surface area contributed by atoms with E-state index in [2.05, 4.69) is 24.1 Å². The Morgan fingerprint density at radius 3 is 2.75 bits per heavy atom. The fourth-order valence-electron chi connectivity index (χ4n) is 6.37. The molecule has 0 saturated heterocycles. The van der Waals surface area contributed by atoms with Crippen molar-refractivity contribution in [2.24, 2.45) is 11.3 Å². The van der Waals surface area contributed by atoms with Crippen molar-refractivity contribution in [1.82, 2.24) is 14.9 Å². The number of carbonyl (C=O) groups excluding carboxylic acids is 1. The number of hydrogen-bond donors (Lipinski definition) is 3. The van der Waals surface area contributed by atoms with Crippen LogP contribution in [0, 0.1) is 11.3 Å². The predicted molar refractivity (Wildman–Crippen MR) is 125 cm³/mol. The lowest BCUT2D eigenvalue weighted by Crippen LogP contribution is -2.58. The van der Waals surface area contributed by atoms with Crippen molar-refractivity contribution in [2.75, 3.05) is 6.54 Å². The molecule has 2 aromatic rings. The van der Waals surface area contributed by atoms with Crippen LogP contribution in [-0.2, 0) is 23.2 Å². The summed E-state index contributed by atoms with van der Waals surface area (Å²) in [6.07, 6.45) is 10.7. The average molecular weight is 440 g/mol. The molecule has 0 radical (unpaired) electrons. The monoisotopic (exact) mass is 439 g/mol. The molecule has 1 aromatic carbocycles. The molecule has 1 saturated carbocycles. The van der Waals surface area contributed by atoms with Crippen LogP contribution in [0.5, 0.6) is 11.5 Å². The summed E-state index contributed by atoms with van der Waals surface area (Å²) in [6, 6.07) is 2.03. The van der Waals surface area contributed by atoms with Crippen LogP contribution < -0.4 is 5.32 Å². The summed E-state index contributed by atoms with van der Waals surface area (Å²) in [5.41, 5.74) is 1.64. The third-order valence-electron chi connectivity index (χ3n) is 7.93. The third-order valence-corrected chi connectivity index (χ3v) is 7.93. The van der Waals surface area contributed by atoms with Gasteiger partial charge >= 0.3 is 0 Å². The number of phenols is 2. The fraction of sp³-hybridized carbons (Fsp3) is 0.615. The molecule has 0 aliphatic heterocycles. The molecule has 0 unspecified atom stereocenters. The Morgan fingerprint density at radius 2 is 2.06 bits per heavy atom. The minimum atomic E-state index is -0.804. The van der Waals surface area contributed by atoms with Crippen LogP contribution in [0.15, 0.2) is 24.8 Å². The number of nitrogens with zero attached hydrogens (tertiary/aromatic N) is 2. The lowest BCUT2D eigenvalue weighted by molar-refractivity contribution is -0.135. The summed E-state index contributed by atoms with van der Waals surface area (Å²) >= 11 is 0. The summed E-state index contributed by atoms with van der Waals surface area (Å²) in [6.45, 7) is 9.89. The molecule has 6 nitrogen and oxygen atoms in total. The Morgan fingerprint density at radius 1 is 1.28 bits per heavy atom. The van der Waals surface area contributed by atoms with E-state index < -0.39 is 5.41 Å². The van der Waals surface area contributed by atoms with E-state index in [9.17, 15) is 15.0 Å². The number of aromatic hydroxyl groups is 2. The average Bonchev–Trinajstić information content (AvgIpc) is 3.26. The number of nitrogens with one attached hydrogen (secondary N) is 1. The molecule has 32 heavy (non-hydrogen) atoms. The fourth-order valence-corrected chi connectivity index (χ4v) is 6.37. The van der Waals surface area contributed by atoms with E-state index >= 15 is 0 Å². The van der Waals surface area contributed by atoms with Gasteiger partial charge in [-0.15, -0.1) is 0 Å². The van der Waals surface area contributed by atoms with E-state index in [4.69, 9.17) is 0 Å². The first-order valence-electron chi connectivity index (χ1n) is 12.0. The van der Waals surface area contributed by atoms with Crippen LogP contribution in [0.3, 0.4) is 0 Å². The van der Waals surface area contributed by atoms with Crippen LogP contribution in [0.2, 0.25) is 0 Å². The second-order valence-corrected chi connectivity index (χ2v) is 10.7. The lowest BCUT2D eigenvalue weighted by atomic mass is 9.49.